The Morgan fingerprint density at radius 2 is 1.73 bits per heavy atom. The van der Waals surface area contributed by atoms with Gasteiger partial charge in [0, 0.05) is 19.1 Å². The van der Waals surface area contributed by atoms with Crippen molar-refractivity contribution >= 4 is 5.97 Å². The van der Waals surface area contributed by atoms with Crippen molar-refractivity contribution in [3.8, 4) is 0 Å². The summed E-state index contributed by atoms with van der Waals surface area (Å²) in [5, 5.41) is 11.4. The maximum absolute atomic E-state index is 13.0. The lowest BCUT2D eigenvalue weighted by molar-refractivity contribution is -0.167. The molecule has 1 aliphatic heterocycles. The van der Waals surface area contributed by atoms with E-state index >= 15 is 0 Å². The molecule has 0 amide bonds. The molecule has 2 atom stereocenters. The van der Waals surface area contributed by atoms with Gasteiger partial charge in [0.2, 0.25) is 5.60 Å². The molecule has 5 heteroatoms. The summed E-state index contributed by atoms with van der Waals surface area (Å²) in [4.78, 5) is 15.0. The van der Waals surface area contributed by atoms with Crippen LogP contribution in [0.3, 0.4) is 0 Å². The third kappa shape index (κ3) is 3.64. The monoisotopic (exact) mass is 357 g/mol. The molecule has 0 aliphatic carbocycles. The molecule has 1 N–H and O–H groups in total. The molecular formula is C21H24FNO3. The highest BCUT2D eigenvalue weighted by Crippen LogP contribution is 2.32. The summed E-state index contributed by atoms with van der Waals surface area (Å²) >= 11 is 0. The van der Waals surface area contributed by atoms with Gasteiger partial charge in [0.05, 0.1) is 0 Å². The fraction of sp³-hybridized carbons (Fsp3) is 0.381. The zero-order chi connectivity index (χ0) is 18.6. The van der Waals surface area contributed by atoms with E-state index in [4.69, 9.17) is 4.74 Å². The van der Waals surface area contributed by atoms with Crippen LogP contribution in [0, 0.1) is 0 Å². The second-order valence-corrected chi connectivity index (χ2v) is 6.76. The van der Waals surface area contributed by atoms with E-state index in [1.807, 2.05) is 24.0 Å². The summed E-state index contributed by atoms with van der Waals surface area (Å²) < 4.78 is 18.5. The van der Waals surface area contributed by atoms with Crippen LogP contribution < -0.4 is 0 Å². The van der Waals surface area contributed by atoms with Gasteiger partial charge in [-0.15, -0.1) is 0 Å². The number of likely N-dealkylation sites (tertiary alicyclic amines) is 1. The summed E-state index contributed by atoms with van der Waals surface area (Å²) in [5.74, 6) is -0.699. The topological polar surface area (TPSA) is 49.8 Å². The van der Waals surface area contributed by atoms with Gasteiger partial charge in [-0.25, -0.2) is 9.18 Å². The molecule has 0 aromatic heterocycles. The molecule has 2 aromatic rings. The molecular weight excluding hydrogens is 333 g/mol. The van der Waals surface area contributed by atoms with E-state index in [0.29, 0.717) is 30.6 Å². The minimum atomic E-state index is -1.87. The Morgan fingerprint density at radius 1 is 1.19 bits per heavy atom. The van der Waals surface area contributed by atoms with Gasteiger partial charge in [-0.1, -0.05) is 60.7 Å². The maximum Gasteiger partial charge on any atom is 0.348 e. The molecule has 1 heterocycles. The lowest BCUT2D eigenvalue weighted by Gasteiger charge is -2.29. The first-order valence-electron chi connectivity index (χ1n) is 8.90. The highest BCUT2D eigenvalue weighted by Gasteiger charge is 2.43. The van der Waals surface area contributed by atoms with Gasteiger partial charge in [-0.05, 0) is 24.5 Å². The minimum Gasteiger partial charge on any atom is -0.458 e. The summed E-state index contributed by atoms with van der Waals surface area (Å²) in [6, 6.07) is 17.4. The van der Waals surface area contributed by atoms with Gasteiger partial charge in [-0.3, -0.25) is 4.90 Å². The van der Waals surface area contributed by atoms with Crippen molar-refractivity contribution < 1.29 is 19.0 Å². The number of ether oxygens (including phenoxy) is 1. The fourth-order valence-corrected chi connectivity index (χ4v) is 3.35. The van der Waals surface area contributed by atoms with E-state index in [1.54, 1.807) is 48.5 Å². The largest absolute Gasteiger partial charge is 0.458 e. The van der Waals surface area contributed by atoms with Crippen molar-refractivity contribution in [2.45, 2.75) is 31.1 Å². The van der Waals surface area contributed by atoms with Crippen LogP contribution in [0.5, 0.6) is 0 Å². The summed E-state index contributed by atoms with van der Waals surface area (Å²) in [5.41, 5.74) is -0.951. The highest BCUT2D eigenvalue weighted by molar-refractivity contribution is 5.85. The molecule has 0 saturated carbocycles. The van der Waals surface area contributed by atoms with E-state index in [-0.39, 0.29) is 12.1 Å². The summed E-state index contributed by atoms with van der Waals surface area (Å²) in [6.45, 7) is 2.54. The Bertz CT molecular complexity index is 683. The van der Waals surface area contributed by atoms with E-state index in [2.05, 4.69) is 0 Å². The Kier molecular flexibility index (Phi) is 5.69. The Hall–Kier alpha value is -2.24. The van der Waals surface area contributed by atoms with Crippen LogP contribution >= 0.6 is 0 Å². The quantitative estimate of drug-likeness (QED) is 0.808. The average Bonchev–Trinajstić information content (AvgIpc) is 3.16. The molecule has 0 radical (unpaired) electrons. The van der Waals surface area contributed by atoms with E-state index in [9.17, 15) is 14.3 Å². The van der Waals surface area contributed by atoms with Crippen LogP contribution in [0.4, 0.5) is 4.39 Å². The number of rotatable bonds is 6. The van der Waals surface area contributed by atoms with Crippen molar-refractivity contribution in [2.24, 2.45) is 0 Å². The lowest BCUT2D eigenvalue weighted by atomic mass is 9.86. The number of alkyl halides is 1. The normalized spacial score (nSPS) is 19.3. The highest BCUT2D eigenvalue weighted by atomic mass is 19.1. The van der Waals surface area contributed by atoms with E-state index in [0.717, 1.165) is 0 Å². The molecule has 0 spiro atoms. The number of carbonyl (C=O) groups excluding carboxylic acids is 1. The van der Waals surface area contributed by atoms with Gasteiger partial charge < -0.3 is 9.84 Å². The standard InChI is InChI=1S/C21H24FNO3/c1-16(14-22)23-13-12-19(15-23)26-20(24)21(25,17-8-4-2-5-9-17)18-10-6-3-7-11-18/h2-11,16,19,25H,12-15H2,1H3. The van der Waals surface area contributed by atoms with Crippen molar-refractivity contribution in [3.05, 3.63) is 71.8 Å². The SMILES string of the molecule is CC(CF)N1CCC(OC(=O)C(O)(c2ccccc2)c2ccccc2)C1. The lowest BCUT2D eigenvalue weighted by Crippen LogP contribution is -2.41. The number of nitrogens with zero attached hydrogens (tertiary/aromatic N) is 1. The molecule has 2 unspecified atom stereocenters. The van der Waals surface area contributed by atoms with Crippen molar-refractivity contribution in [2.75, 3.05) is 19.8 Å². The molecule has 1 fully saturated rings. The minimum absolute atomic E-state index is 0.194. The molecule has 1 saturated heterocycles. The molecule has 26 heavy (non-hydrogen) atoms. The van der Waals surface area contributed by atoms with Gasteiger partial charge in [0.15, 0.2) is 0 Å². The van der Waals surface area contributed by atoms with Crippen molar-refractivity contribution in [1.82, 2.24) is 4.90 Å². The van der Waals surface area contributed by atoms with Gasteiger partial charge >= 0.3 is 5.97 Å². The molecule has 1 aliphatic rings. The van der Waals surface area contributed by atoms with E-state index < -0.39 is 18.2 Å². The number of hydrogen-bond acceptors (Lipinski definition) is 4. The summed E-state index contributed by atoms with van der Waals surface area (Å²) in [7, 11) is 0. The molecule has 2 aromatic carbocycles. The van der Waals surface area contributed by atoms with Crippen LogP contribution in [0.2, 0.25) is 0 Å². The predicted octanol–water partition coefficient (Wildman–Crippen LogP) is 2.90. The fourth-order valence-electron chi connectivity index (χ4n) is 3.35. The zero-order valence-electron chi connectivity index (χ0n) is 14.8. The third-order valence-electron chi connectivity index (χ3n) is 4.98. The number of aliphatic hydroxyl groups is 1. The Balaban J connectivity index is 1.83. The Labute approximate surface area is 153 Å². The van der Waals surface area contributed by atoms with Gasteiger partial charge in [0.1, 0.15) is 12.8 Å². The number of hydrogen-bond donors (Lipinski definition) is 1. The van der Waals surface area contributed by atoms with Gasteiger partial charge in [-0.2, -0.15) is 0 Å². The second kappa shape index (κ2) is 7.98. The first-order chi connectivity index (χ1) is 12.6. The molecule has 0 bridgehead atoms. The number of benzene rings is 2. The van der Waals surface area contributed by atoms with Crippen LogP contribution in [0.25, 0.3) is 0 Å². The number of carbonyl (C=O) groups is 1. The Morgan fingerprint density at radius 3 is 2.23 bits per heavy atom. The molecule has 138 valence electrons. The first-order valence-corrected chi connectivity index (χ1v) is 8.90. The molecule has 3 rings (SSSR count). The van der Waals surface area contributed by atoms with Crippen molar-refractivity contribution in [1.29, 1.82) is 0 Å². The zero-order valence-corrected chi connectivity index (χ0v) is 14.8. The maximum atomic E-state index is 13.0. The van der Waals surface area contributed by atoms with E-state index in [1.165, 1.54) is 0 Å². The number of esters is 1. The first kappa shape index (κ1) is 18.5. The van der Waals surface area contributed by atoms with Crippen LogP contribution in [0.1, 0.15) is 24.5 Å². The van der Waals surface area contributed by atoms with Crippen LogP contribution in [-0.2, 0) is 15.1 Å². The second-order valence-electron chi connectivity index (χ2n) is 6.76. The average molecular weight is 357 g/mol. The predicted molar refractivity (Wildman–Crippen MR) is 97.4 cm³/mol. The summed E-state index contributed by atoms with van der Waals surface area (Å²) in [6.07, 6.45) is 0.283. The van der Waals surface area contributed by atoms with Crippen LogP contribution in [0.15, 0.2) is 60.7 Å². The van der Waals surface area contributed by atoms with Crippen molar-refractivity contribution in [3.63, 3.8) is 0 Å². The molecule has 4 nitrogen and oxygen atoms in total. The number of halogens is 1. The third-order valence-corrected chi connectivity index (χ3v) is 4.98. The smallest absolute Gasteiger partial charge is 0.348 e. The van der Waals surface area contributed by atoms with Crippen LogP contribution in [-0.4, -0.2) is 47.9 Å². The van der Waals surface area contributed by atoms with Gasteiger partial charge in [0.25, 0.3) is 0 Å².